The Morgan fingerprint density at radius 1 is 1.40 bits per heavy atom. The van der Waals surface area contributed by atoms with Gasteiger partial charge in [0.05, 0.1) is 11.4 Å². The number of hydrogen-bond acceptors (Lipinski definition) is 3. The van der Waals surface area contributed by atoms with Gasteiger partial charge in [0.2, 0.25) is 10.0 Å². The molecule has 84 valence electrons. The predicted octanol–water partition coefficient (Wildman–Crippen LogP) is 1.44. The molecule has 0 aliphatic rings. The molecule has 0 radical (unpaired) electrons. The highest BCUT2D eigenvalue weighted by atomic mass is 32.2. The first-order valence-corrected chi connectivity index (χ1v) is 6.40. The highest BCUT2D eigenvalue weighted by Gasteiger charge is 2.16. The molecule has 0 heterocycles. The highest BCUT2D eigenvalue weighted by molar-refractivity contribution is 7.92. The van der Waals surface area contributed by atoms with Crippen molar-refractivity contribution in [3.8, 4) is 0 Å². The summed E-state index contributed by atoms with van der Waals surface area (Å²) in [4.78, 5) is 0. The molecule has 0 atom stereocenters. The van der Waals surface area contributed by atoms with Crippen LogP contribution in [0.4, 0.5) is 11.4 Å². The zero-order valence-corrected chi connectivity index (χ0v) is 9.79. The SMILES string of the molecule is CCCS(=O)(=O)N(C)c1cccc(N)c1. The molecule has 1 aromatic rings. The van der Waals surface area contributed by atoms with Crippen molar-refractivity contribution in [1.82, 2.24) is 0 Å². The lowest BCUT2D eigenvalue weighted by Gasteiger charge is -2.19. The summed E-state index contributed by atoms with van der Waals surface area (Å²) in [5.74, 6) is 0.151. The Hall–Kier alpha value is -1.23. The molecule has 4 nitrogen and oxygen atoms in total. The smallest absolute Gasteiger partial charge is 0.234 e. The van der Waals surface area contributed by atoms with Gasteiger partial charge in [0.1, 0.15) is 0 Å². The molecule has 0 amide bonds. The molecule has 1 aromatic carbocycles. The van der Waals surface area contributed by atoms with Gasteiger partial charge in [0, 0.05) is 12.7 Å². The molecule has 0 saturated carbocycles. The van der Waals surface area contributed by atoms with Crippen molar-refractivity contribution in [3.63, 3.8) is 0 Å². The van der Waals surface area contributed by atoms with Gasteiger partial charge < -0.3 is 5.73 Å². The van der Waals surface area contributed by atoms with Crippen molar-refractivity contribution >= 4 is 21.4 Å². The van der Waals surface area contributed by atoms with E-state index in [9.17, 15) is 8.42 Å². The molecular formula is C10H16N2O2S. The van der Waals surface area contributed by atoms with Gasteiger partial charge >= 0.3 is 0 Å². The Labute approximate surface area is 90.8 Å². The third kappa shape index (κ3) is 2.86. The van der Waals surface area contributed by atoms with Crippen LogP contribution in [-0.2, 0) is 10.0 Å². The monoisotopic (exact) mass is 228 g/mol. The van der Waals surface area contributed by atoms with E-state index >= 15 is 0 Å². The Kier molecular flexibility index (Phi) is 3.57. The average Bonchev–Trinajstić information content (AvgIpc) is 2.16. The highest BCUT2D eigenvalue weighted by Crippen LogP contribution is 2.19. The second-order valence-corrected chi connectivity index (χ2v) is 5.50. The van der Waals surface area contributed by atoms with Gasteiger partial charge in [-0.1, -0.05) is 13.0 Å². The Balaban J connectivity index is 2.99. The molecule has 1 rings (SSSR count). The van der Waals surface area contributed by atoms with E-state index in [2.05, 4.69) is 0 Å². The van der Waals surface area contributed by atoms with Crippen LogP contribution in [0.3, 0.4) is 0 Å². The molecule has 2 N–H and O–H groups in total. The van der Waals surface area contributed by atoms with Crippen LogP contribution in [0.15, 0.2) is 24.3 Å². The number of sulfonamides is 1. The molecule has 0 saturated heterocycles. The maximum absolute atomic E-state index is 11.7. The second kappa shape index (κ2) is 4.53. The standard InChI is InChI=1S/C10H16N2O2S/c1-3-7-15(13,14)12(2)10-6-4-5-9(11)8-10/h4-6,8H,3,7,11H2,1-2H3. The van der Waals surface area contributed by atoms with Crippen molar-refractivity contribution in [2.75, 3.05) is 22.8 Å². The first-order chi connectivity index (χ1) is 6.97. The van der Waals surface area contributed by atoms with Crippen LogP contribution < -0.4 is 10.0 Å². The van der Waals surface area contributed by atoms with Crippen molar-refractivity contribution in [2.45, 2.75) is 13.3 Å². The van der Waals surface area contributed by atoms with E-state index in [1.54, 1.807) is 31.3 Å². The maximum Gasteiger partial charge on any atom is 0.234 e. The van der Waals surface area contributed by atoms with Crippen molar-refractivity contribution in [1.29, 1.82) is 0 Å². The van der Waals surface area contributed by atoms with Gasteiger partial charge in [-0.05, 0) is 24.6 Å². The first-order valence-electron chi connectivity index (χ1n) is 4.79. The van der Waals surface area contributed by atoms with Crippen molar-refractivity contribution in [2.24, 2.45) is 0 Å². The van der Waals surface area contributed by atoms with Gasteiger partial charge in [0.15, 0.2) is 0 Å². The number of anilines is 2. The van der Waals surface area contributed by atoms with E-state index in [0.717, 1.165) is 0 Å². The molecule has 0 aliphatic heterocycles. The third-order valence-electron chi connectivity index (χ3n) is 2.11. The fraction of sp³-hybridized carbons (Fsp3) is 0.400. The molecule has 0 spiro atoms. The van der Waals surface area contributed by atoms with E-state index in [1.807, 2.05) is 6.92 Å². The maximum atomic E-state index is 11.7. The van der Waals surface area contributed by atoms with E-state index in [1.165, 1.54) is 4.31 Å². The molecule has 15 heavy (non-hydrogen) atoms. The van der Waals surface area contributed by atoms with E-state index in [-0.39, 0.29) is 5.75 Å². The zero-order chi connectivity index (χ0) is 11.5. The van der Waals surface area contributed by atoms with E-state index in [0.29, 0.717) is 17.8 Å². The number of rotatable bonds is 4. The fourth-order valence-corrected chi connectivity index (χ4v) is 2.50. The van der Waals surface area contributed by atoms with Gasteiger partial charge in [0.25, 0.3) is 0 Å². The Morgan fingerprint density at radius 2 is 2.07 bits per heavy atom. The van der Waals surface area contributed by atoms with Crippen LogP contribution in [0.1, 0.15) is 13.3 Å². The third-order valence-corrected chi connectivity index (χ3v) is 4.08. The predicted molar refractivity (Wildman–Crippen MR) is 63.3 cm³/mol. The minimum Gasteiger partial charge on any atom is -0.399 e. The number of nitrogens with zero attached hydrogens (tertiary/aromatic N) is 1. The molecule has 0 unspecified atom stereocenters. The average molecular weight is 228 g/mol. The van der Waals surface area contributed by atoms with Gasteiger partial charge in [-0.15, -0.1) is 0 Å². The van der Waals surface area contributed by atoms with Crippen LogP contribution in [0.5, 0.6) is 0 Å². The fourth-order valence-electron chi connectivity index (χ4n) is 1.28. The normalized spacial score (nSPS) is 11.3. The van der Waals surface area contributed by atoms with Gasteiger partial charge in [-0.25, -0.2) is 8.42 Å². The molecule has 0 aliphatic carbocycles. The van der Waals surface area contributed by atoms with Crippen LogP contribution in [0.25, 0.3) is 0 Å². The lowest BCUT2D eigenvalue weighted by Crippen LogP contribution is -2.28. The summed E-state index contributed by atoms with van der Waals surface area (Å²) in [6.07, 6.45) is 0.606. The topological polar surface area (TPSA) is 63.4 Å². The van der Waals surface area contributed by atoms with Crippen LogP contribution in [0, 0.1) is 0 Å². The summed E-state index contributed by atoms with van der Waals surface area (Å²) in [6.45, 7) is 1.84. The van der Waals surface area contributed by atoms with Crippen LogP contribution >= 0.6 is 0 Å². The summed E-state index contributed by atoms with van der Waals surface area (Å²) < 4.78 is 24.7. The Morgan fingerprint density at radius 3 is 2.60 bits per heavy atom. The minimum absolute atomic E-state index is 0.151. The van der Waals surface area contributed by atoms with Crippen molar-refractivity contribution in [3.05, 3.63) is 24.3 Å². The van der Waals surface area contributed by atoms with E-state index in [4.69, 9.17) is 5.73 Å². The van der Waals surface area contributed by atoms with Crippen LogP contribution in [-0.4, -0.2) is 21.2 Å². The summed E-state index contributed by atoms with van der Waals surface area (Å²) in [7, 11) is -1.66. The number of hydrogen-bond donors (Lipinski definition) is 1. The largest absolute Gasteiger partial charge is 0.399 e. The van der Waals surface area contributed by atoms with Gasteiger partial charge in [-0.2, -0.15) is 0 Å². The summed E-state index contributed by atoms with van der Waals surface area (Å²) in [6, 6.07) is 6.84. The lowest BCUT2D eigenvalue weighted by atomic mass is 10.3. The number of benzene rings is 1. The lowest BCUT2D eigenvalue weighted by molar-refractivity contribution is 0.593. The minimum atomic E-state index is -3.20. The molecule has 0 fully saturated rings. The number of nitrogen functional groups attached to an aromatic ring is 1. The van der Waals surface area contributed by atoms with E-state index < -0.39 is 10.0 Å². The molecule has 5 heteroatoms. The van der Waals surface area contributed by atoms with Gasteiger partial charge in [-0.3, -0.25) is 4.31 Å². The summed E-state index contributed by atoms with van der Waals surface area (Å²) in [5, 5.41) is 0. The quantitative estimate of drug-likeness (QED) is 0.793. The summed E-state index contributed by atoms with van der Waals surface area (Å²) in [5.41, 5.74) is 6.75. The Bertz CT molecular complexity index is 429. The van der Waals surface area contributed by atoms with Crippen molar-refractivity contribution < 1.29 is 8.42 Å². The first kappa shape index (κ1) is 11.8. The summed E-state index contributed by atoms with van der Waals surface area (Å²) >= 11 is 0. The molecule has 0 bridgehead atoms. The van der Waals surface area contributed by atoms with Crippen LogP contribution in [0.2, 0.25) is 0 Å². The molecular weight excluding hydrogens is 212 g/mol. The number of nitrogens with two attached hydrogens (primary N) is 1. The molecule has 0 aromatic heterocycles. The second-order valence-electron chi connectivity index (χ2n) is 3.38. The zero-order valence-electron chi connectivity index (χ0n) is 8.97.